The fourth-order valence-corrected chi connectivity index (χ4v) is 5.37. The summed E-state index contributed by atoms with van der Waals surface area (Å²) in [7, 11) is -3.56. The largest absolute Gasteiger partial charge is 0.358 e. The highest BCUT2D eigenvalue weighted by molar-refractivity contribution is 7.89. The van der Waals surface area contributed by atoms with Crippen molar-refractivity contribution in [1.82, 2.24) is 9.62 Å². The lowest BCUT2D eigenvalue weighted by Crippen LogP contribution is -2.51. The van der Waals surface area contributed by atoms with E-state index in [4.69, 9.17) is 4.74 Å². The molecule has 1 N–H and O–H groups in total. The highest BCUT2D eigenvalue weighted by atomic mass is 32.2. The van der Waals surface area contributed by atoms with Crippen LogP contribution in [0.3, 0.4) is 0 Å². The SMILES string of the molecule is CC[C@@H]1CO[C@@](C)(CCC(C)C)N1S(=O)(=O)CCNC(=O)c1ccccc1. The van der Waals surface area contributed by atoms with Gasteiger partial charge in [0.25, 0.3) is 5.91 Å². The van der Waals surface area contributed by atoms with Crippen molar-refractivity contribution in [3.63, 3.8) is 0 Å². The van der Waals surface area contributed by atoms with Gasteiger partial charge in [-0.25, -0.2) is 8.42 Å². The predicted octanol–water partition coefficient (Wildman–Crippen LogP) is 3.01. The molecule has 152 valence electrons. The second-order valence-corrected chi connectivity index (χ2v) is 9.68. The first kappa shape index (κ1) is 21.9. The lowest BCUT2D eigenvalue weighted by atomic mass is 10.0. The molecule has 2 rings (SSSR count). The van der Waals surface area contributed by atoms with E-state index in [9.17, 15) is 13.2 Å². The summed E-state index contributed by atoms with van der Waals surface area (Å²) >= 11 is 0. The minimum atomic E-state index is -3.56. The van der Waals surface area contributed by atoms with Gasteiger partial charge in [-0.2, -0.15) is 4.31 Å². The number of ether oxygens (including phenoxy) is 1. The van der Waals surface area contributed by atoms with E-state index in [2.05, 4.69) is 19.2 Å². The van der Waals surface area contributed by atoms with E-state index >= 15 is 0 Å². The average Bonchev–Trinajstić information content (AvgIpc) is 2.98. The maximum atomic E-state index is 13.1. The summed E-state index contributed by atoms with van der Waals surface area (Å²) in [5.74, 6) is 0.0711. The number of benzene rings is 1. The molecule has 1 aromatic carbocycles. The highest BCUT2D eigenvalue weighted by Crippen LogP contribution is 2.36. The second kappa shape index (κ2) is 9.17. The van der Waals surface area contributed by atoms with Crippen LogP contribution >= 0.6 is 0 Å². The van der Waals surface area contributed by atoms with Crippen LogP contribution in [0.15, 0.2) is 30.3 Å². The van der Waals surface area contributed by atoms with Crippen molar-refractivity contribution in [1.29, 1.82) is 0 Å². The van der Waals surface area contributed by atoms with Crippen molar-refractivity contribution in [2.75, 3.05) is 18.9 Å². The van der Waals surface area contributed by atoms with Gasteiger partial charge in [0.2, 0.25) is 10.0 Å². The number of amides is 1. The predicted molar refractivity (Wildman–Crippen MR) is 107 cm³/mol. The smallest absolute Gasteiger partial charge is 0.251 e. The van der Waals surface area contributed by atoms with Crippen LogP contribution in [0.2, 0.25) is 0 Å². The molecule has 0 unspecified atom stereocenters. The van der Waals surface area contributed by atoms with E-state index in [1.54, 1.807) is 28.6 Å². The molecule has 1 amide bonds. The van der Waals surface area contributed by atoms with E-state index < -0.39 is 15.7 Å². The summed E-state index contributed by atoms with van der Waals surface area (Å²) in [6.07, 6.45) is 2.26. The van der Waals surface area contributed by atoms with Crippen molar-refractivity contribution < 1.29 is 17.9 Å². The van der Waals surface area contributed by atoms with Crippen molar-refractivity contribution in [3.8, 4) is 0 Å². The highest BCUT2D eigenvalue weighted by Gasteiger charge is 2.49. The minimum Gasteiger partial charge on any atom is -0.358 e. The van der Waals surface area contributed by atoms with Crippen LogP contribution in [0.5, 0.6) is 0 Å². The van der Waals surface area contributed by atoms with Crippen molar-refractivity contribution in [2.45, 2.75) is 58.7 Å². The second-order valence-electron chi connectivity index (χ2n) is 7.71. The third kappa shape index (κ3) is 5.53. The van der Waals surface area contributed by atoms with Crippen molar-refractivity contribution >= 4 is 15.9 Å². The number of hydrogen-bond donors (Lipinski definition) is 1. The first-order valence-electron chi connectivity index (χ1n) is 9.69. The molecule has 2 atom stereocenters. The van der Waals surface area contributed by atoms with E-state index in [0.29, 0.717) is 30.9 Å². The molecule has 6 nitrogen and oxygen atoms in total. The van der Waals surface area contributed by atoms with Crippen LogP contribution in [0.25, 0.3) is 0 Å². The van der Waals surface area contributed by atoms with Gasteiger partial charge in [-0.1, -0.05) is 39.0 Å². The normalized spacial score (nSPS) is 23.7. The van der Waals surface area contributed by atoms with Gasteiger partial charge in [0.1, 0.15) is 5.72 Å². The van der Waals surface area contributed by atoms with Gasteiger partial charge in [-0.15, -0.1) is 0 Å². The van der Waals surface area contributed by atoms with E-state index in [-0.39, 0.29) is 24.2 Å². The quantitative estimate of drug-likeness (QED) is 0.696. The monoisotopic (exact) mass is 396 g/mol. The first-order valence-corrected chi connectivity index (χ1v) is 11.3. The maximum absolute atomic E-state index is 13.1. The van der Waals surface area contributed by atoms with Crippen molar-refractivity contribution in [2.24, 2.45) is 5.92 Å². The molecule has 0 aromatic heterocycles. The number of carbonyl (C=O) groups is 1. The van der Waals surface area contributed by atoms with E-state index in [0.717, 1.165) is 6.42 Å². The van der Waals surface area contributed by atoms with Gasteiger partial charge in [0.15, 0.2) is 0 Å². The Balaban J connectivity index is 2.04. The Morgan fingerprint density at radius 3 is 2.59 bits per heavy atom. The summed E-state index contributed by atoms with van der Waals surface area (Å²) in [5, 5.41) is 2.70. The third-order valence-electron chi connectivity index (χ3n) is 5.02. The molecule has 27 heavy (non-hydrogen) atoms. The van der Waals surface area contributed by atoms with Gasteiger partial charge in [0.05, 0.1) is 18.4 Å². The Morgan fingerprint density at radius 1 is 1.33 bits per heavy atom. The molecule has 0 spiro atoms. The molecule has 1 aromatic rings. The fraction of sp³-hybridized carbons (Fsp3) is 0.650. The van der Waals surface area contributed by atoms with Gasteiger partial charge in [-0.05, 0) is 44.2 Å². The average molecular weight is 397 g/mol. The van der Waals surface area contributed by atoms with Crippen LogP contribution < -0.4 is 5.32 Å². The molecule has 1 fully saturated rings. The Kier molecular flexibility index (Phi) is 7.42. The fourth-order valence-electron chi connectivity index (χ4n) is 3.42. The molecule has 0 saturated carbocycles. The molecule has 1 aliphatic heterocycles. The molecular weight excluding hydrogens is 364 g/mol. The Hall–Kier alpha value is -1.44. The summed E-state index contributed by atoms with van der Waals surface area (Å²) in [6.45, 7) is 8.57. The minimum absolute atomic E-state index is 0.0727. The zero-order valence-electron chi connectivity index (χ0n) is 16.8. The third-order valence-corrected chi connectivity index (χ3v) is 7.03. The Labute approximate surface area is 163 Å². The standard InChI is InChI=1S/C20H32N2O4S/c1-5-18-15-26-20(4,12-11-16(2)3)22(18)27(24,25)14-13-21-19(23)17-9-7-6-8-10-17/h6-10,16,18H,5,11-15H2,1-4H3,(H,21,23)/t18-,20+/m1/s1. The van der Waals surface area contributed by atoms with Crippen molar-refractivity contribution in [3.05, 3.63) is 35.9 Å². The molecule has 0 radical (unpaired) electrons. The molecule has 0 bridgehead atoms. The maximum Gasteiger partial charge on any atom is 0.251 e. The van der Waals surface area contributed by atoms with E-state index in [1.165, 1.54) is 0 Å². The lowest BCUT2D eigenvalue weighted by molar-refractivity contribution is -0.0433. The zero-order chi connectivity index (χ0) is 20.1. The first-order chi connectivity index (χ1) is 12.7. The Bertz CT molecular complexity index is 721. The summed E-state index contributed by atoms with van der Waals surface area (Å²) in [4.78, 5) is 12.1. The van der Waals surface area contributed by atoms with Gasteiger partial charge < -0.3 is 10.1 Å². The number of nitrogens with one attached hydrogen (secondary N) is 1. The number of carbonyl (C=O) groups excluding carboxylic acids is 1. The molecule has 1 saturated heterocycles. The Morgan fingerprint density at radius 2 is 2.00 bits per heavy atom. The number of nitrogens with zero attached hydrogens (tertiary/aromatic N) is 1. The van der Waals surface area contributed by atoms with Crippen LogP contribution in [-0.2, 0) is 14.8 Å². The molecule has 7 heteroatoms. The van der Waals surface area contributed by atoms with E-state index in [1.807, 2.05) is 19.9 Å². The lowest BCUT2D eigenvalue weighted by Gasteiger charge is -2.36. The number of sulfonamides is 1. The molecular formula is C20H32N2O4S. The number of hydrogen-bond acceptors (Lipinski definition) is 4. The topological polar surface area (TPSA) is 75.7 Å². The summed E-state index contributed by atoms with van der Waals surface area (Å²) < 4.78 is 33.7. The zero-order valence-corrected chi connectivity index (χ0v) is 17.6. The van der Waals surface area contributed by atoms with Gasteiger partial charge >= 0.3 is 0 Å². The number of rotatable bonds is 9. The molecule has 1 aliphatic rings. The summed E-state index contributed by atoms with van der Waals surface area (Å²) in [5.41, 5.74) is -0.291. The molecule has 1 heterocycles. The van der Waals surface area contributed by atoms with Crippen LogP contribution in [0.4, 0.5) is 0 Å². The van der Waals surface area contributed by atoms with Gasteiger partial charge in [-0.3, -0.25) is 4.79 Å². The van der Waals surface area contributed by atoms with Crippen LogP contribution in [0.1, 0.15) is 57.3 Å². The van der Waals surface area contributed by atoms with Crippen LogP contribution in [-0.4, -0.2) is 49.3 Å². The molecule has 0 aliphatic carbocycles. The summed E-state index contributed by atoms with van der Waals surface area (Å²) in [6, 6.07) is 8.63. The van der Waals surface area contributed by atoms with Crippen LogP contribution in [0, 0.1) is 5.92 Å². The van der Waals surface area contributed by atoms with Gasteiger partial charge in [0, 0.05) is 12.1 Å².